The second-order valence-electron chi connectivity index (χ2n) is 5.16. The van der Waals surface area contributed by atoms with Crippen LogP contribution in [-0.2, 0) is 11.2 Å². The van der Waals surface area contributed by atoms with Gasteiger partial charge < -0.3 is 20.9 Å². The van der Waals surface area contributed by atoms with Gasteiger partial charge in [0.15, 0.2) is 0 Å². The lowest BCUT2D eigenvalue weighted by Crippen LogP contribution is -2.63. The van der Waals surface area contributed by atoms with Gasteiger partial charge in [0.25, 0.3) is 0 Å². The Morgan fingerprint density at radius 2 is 2.30 bits per heavy atom. The van der Waals surface area contributed by atoms with Gasteiger partial charge in [0.2, 0.25) is 5.91 Å². The van der Waals surface area contributed by atoms with Crippen LogP contribution < -0.4 is 15.8 Å². The fourth-order valence-corrected chi connectivity index (χ4v) is 3.00. The smallest absolute Gasteiger partial charge is 0.240 e. The van der Waals surface area contributed by atoms with Crippen LogP contribution in [0.5, 0.6) is 5.75 Å². The Morgan fingerprint density at radius 3 is 2.90 bits per heavy atom. The first-order valence-electron chi connectivity index (χ1n) is 6.53. The second-order valence-corrected chi connectivity index (χ2v) is 6.01. The molecule has 0 saturated heterocycles. The highest BCUT2D eigenvalue weighted by molar-refractivity contribution is 9.10. The predicted octanol–water partition coefficient (Wildman–Crippen LogP) is 0.969. The van der Waals surface area contributed by atoms with Gasteiger partial charge in [-0.3, -0.25) is 4.79 Å². The topological polar surface area (TPSA) is 84.6 Å². The molecule has 4 N–H and O–H groups in total. The minimum atomic E-state index is -0.902. The summed E-state index contributed by atoms with van der Waals surface area (Å²) in [6, 6.07) is 5.79. The number of nitrogens with one attached hydrogen (secondary N) is 1. The van der Waals surface area contributed by atoms with Gasteiger partial charge in [-0.2, -0.15) is 0 Å². The van der Waals surface area contributed by atoms with Gasteiger partial charge in [-0.15, -0.1) is 0 Å². The Hall–Kier alpha value is -1.11. The molecule has 1 fully saturated rings. The number of amides is 1. The van der Waals surface area contributed by atoms with Crippen molar-refractivity contribution in [3.8, 4) is 5.75 Å². The number of hydrogen-bond donors (Lipinski definition) is 3. The Bertz CT molecular complexity index is 501. The lowest BCUT2D eigenvalue weighted by molar-refractivity contribution is -0.134. The summed E-state index contributed by atoms with van der Waals surface area (Å²) in [5, 5.41) is 12.1. The quantitative estimate of drug-likeness (QED) is 0.744. The van der Waals surface area contributed by atoms with Crippen molar-refractivity contribution in [2.24, 2.45) is 5.73 Å². The first-order valence-corrected chi connectivity index (χ1v) is 7.32. The molecule has 1 saturated carbocycles. The van der Waals surface area contributed by atoms with Crippen LogP contribution in [0.4, 0.5) is 0 Å². The normalized spacial score (nSPS) is 24.9. The van der Waals surface area contributed by atoms with Gasteiger partial charge >= 0.3 is 0 Å². The van der Waals surface area contributed by atoms with Gasteiger partial charge in [-0.05, 0) is 34.0 Å². The molecular weight excluding hydrogens is 324 g/mol. The van der Waals surface area contributed by atoms with E-state index in [-0.39, 0.29) is 5.91 Å². The monoisotopic (exact) mass is 342 g/mol. The van der Waals surface area contributed by atoms with E-state index in [4.69, 9.17) is 10.5 Å². The molecule has 0 bridgehead atoms. The third-order valence-corrected chi connectivity index (χ3v) is 4.21. The van der Waals surface area contributed by atoms with Crippen LogP contribution in [0.3, 0.4) is 0 Å². The SMILES string of the molecule is COc1c(Br)cccc1CCNC(=O)C1(N)CC(O)C1. The molecule has 0 spiro atoms. The van der Waals surface area contributed by atoms with Crippen molar-refractivity contribution in [2.75, 3.05) is 13.7 Å². The average molecular weight is 343 g/mol. The van der Waals surface area contributed by atoms with Crippen LogP contribution >= 0.6 is 15.9 Å². The molecule has 2 rings (SSSR count). The fourth-order valence-electron chi connectivity index (χ4n) is 2.43. The number of halogens is 1. The van der Waals surface area contributed by atoms with Crippen molar-refractivity contribution in [1.29, 1.82) is 0 Å². The number of aliphatic hydroxyl groups is 1. The zero-order valence-corrected chi connectivity index (χ0v) is 12.9. The van der Waals surface area contributed by atoms with Gasteiger partial charge in [0.1, 0.15) is 11.3 Å². The molecule has 0 aliphatic heterocycles. The largest absolute Gasteiger partial charge is 0.495 e. The zero-order chi connectivity index (χ0) is 14.8. The maximum Gasteiger partial charge on any atom is 0.240 e. The maximum atomic E-state index is 11.9. The van der Waals surface area contributed by atoms with Gasteiger partial charge in [0.05, 0.1) is 17.7 Å². The predicted molar refractivity (Wildman–Crippen MR) is 79.6 cm³/mol. The molecule has 1 aliphatic carbocycles. The lowest BCUT2D eigenvalue weighted by atomic mass is 9.74. The maximum absolute atomic E-state index is 11.9. The second kappa shape index (κ2) is 6.11. The minimum Gasteiger partial charge on any atom is -0.495 e. The molecular formula is C14H19BrN2O3. The number of hydrogen-bond acceptors (Lipinski definition) is 4. The number of aliphatic hydroxyl groups excluding tert-OH is 1. The van der Waals surface area contributed by atoms with Gasteiger partial charge in [-0.1, -0.05) is 12.1 Å². The number of methoxy groups -OCH3 is 1. The van der Waals surface area contributed by atoms with Crippen molar-refractivity contribution in [3.05, 3.63) is 28.2 Å². The van der Waals surface area contributed by atoms with E-state index < -0.39 is 11.6 Å². The Kier molecular flexibility index (Phi) is 4.67. The molecule has 1 aliphatic rings. The van der Waals surface area contributed by atoms with E-state index in [1.165, 1.54) is 0 Å². The van der Waals surface area contributed by atoms with Crippen LogP contribution in [0.15, 0.2) is 22.7 Å². The Balaban J connectivity index is 1.87. The molecule has 1 aromatic rings. The van der Waals surface area contributed by atoms with E-state index >= 15 is 0 Å². The van der Waals surface area contributed by atoms with Crippen molar-refractivity contribution in [2.45, 2.75) is 30.9 Å². The summed E-state index contributed by atoms with van der Waals surface area (Å²) < 4.78 is 6.22. The molecule has 110 valence electrons. The van der Waals surface area contributed by atoms with E-state index in [0.29, 0.717) is 25.8 Å². The number of nitrogens with two attached hydrogens (primary N) is 1. The zero-order valence-electron chi connectivity index (χ0n) is 11.4. The Labute approximate surface area is 126 Å². The van der Waals surface area contributed by atoms with E-state index in [1.807, 2.05) is 18.2 Å². The third-order valence-electron chi connectivity index (χ3n) is 3.58. The average Bonchev–Trinajstić information content (AvgIpc) is 2.37. The molecule has 20 heavy (non-hydrogen) atoms. The van der Waals surface area contributed by atoms with Crippen molar-refractivity contribution < 1.29 is 14.6 Å². The standard InChI is InChI=1S/C14H19BrN2O3/c1-20-12-9(3-2-4-11(12)15)5-6-17-13(19)14(16)7-10(18)8-14/h2-4,10,18H,5-8,16H2,1H3,(H,17,19). The van der Waals surface area contributed by atoms with Crippen molar-refractivity contribution in [3.63, 3.8) is 0 Å². The van der Waals surface area contributed by atoms with E-state index in [2.05, 4.69) is 21.2 Å². The molecule has 0 unspecified atom stereocenters. The number of benzene rings is 1. The molecule has 1 amide bonds. The van der Waals surface area contributed by atoms with E-state index in [0.717, 1.165) is 15.8 Å². The highest BCUT2D eigenvalue weighted by atomic mass is 79.9. The lowest BCUT2D eigenvalue weighted by Gasteiger charge is -2.40. The molecule has 5 nitrogen and oxygen atoms in total. The van der Waals surface area contributed by atoms with E-state index in [9.17, 15) is 9.90 Å². The third kappa shape index (κ3) is 3.13. The summed E-state index contributed by atoms with van der Waals surface area (Å²) in [5.41, 5.74) is 6.01. The first-order chi connectivity index (χ1) is 9.46. The molecule has 0 radical (unpaired) electrons. The summed E-state index contributed by atoms with van der Waals surface area (Å²) >= 11 is 3.43. The number of carbonyl (C=O) groups is 1. The molecule has 0 atom stereocenters. The van der Waals surface area contributed by atoms with Crippen LogP contribution in [-0.4, -0.2) is 36.3 Å². The highest BCUT2D eigenvalue weighted by Crippen LogP contribution is 2.30. The highest BCUT2D eigenvalue weighted by Gasteiger charge is 2.46. The fraction of sp³-hybridized carbons (Fsp3) is 0.500. The summed E-state index contributed by atoms with van der Waals surface area (Å²) in [5.74, 6) is 0.583. The van der Waals surface area contributed by atoms with Gasteiger partial charge in [0, 0.05) is 19.4 Å². The summed E-state index contributed by atoms with van der Waals surface area (Å²) in [4.78, 5) is 11.9. The van der Waals surface area contributed by atoms with Crippen LogP contribution in [0.2, 0.25) is 0 Å². The summed E-state index contributed by atoms with van der Waals surface area (Å²) in [6.07, 6.45) is 0.876. The molecule has 0 heterocycles. The number of para-hydroxylation sites is 1. The Morgan fingerprint density at radius 1 is 1.60 bits per heavy atom. The summed E-state index contributed by atoms with van der Waals surface area (Å²) in [6.45, 7) is 0.487. The first kappa shape index (κ1) is 15.3. The van der Waals surface area contributed by atoms with E-state index in [1.54, 1.807) is 7.11 Å². The number of ether oxygens (including phenoxy) is 1. The van der Waals surface area contributed by atoms with Crippen LogP contribution in [0, 0.1) is 0 Å². The van der Waals surface area contributed by atoms with Crippen LogP contribution in [0.1, 0.15) is 18.4 Å². The van der Waals surface area contributed by atoms with Crippen molar-refractivity contribution >= 4 is 21.8 Å². The summed E-state index contributed by atoms with van der Waals surface area (Å²) in [7, 11) is 1.62. The molecule has 1 aromatic carbocycles. The van der Waals surface area contributed by atoms with Gasteiger partial charge in [-0.25, -0.2) is 0 Å². The minimum absolute atomic E-state index is 0.197. The van der Waals surface area contributed by atoms with Crippen LogP contribution in [0.25, 0.3) is 0 Å². The molecule has 6 heteroatoms. The number of carbonyl (C=O) groups excluding carboxylic acids is 1. The van der Waals surface area contributed by atoms with Crippen molar-refractivity contribution in [1.82, 2.24) is 5.32 Å². The molecule has 0 aromatic heterocycles. The number of rotatable bonds is 5.